The molecule has 8 bridgehead atoms. The van der Waals surface area contributed by atoms with E-state index in [0.29, 0.717) is 46.6 Å². The first-order chi connectivity index (χ1) is 21.5. The molecule has 0 heterocycles. The third-order valence-electron chi connectivity index (χ3n) is 13.7. The SMILES string of the molecule is O=S(=O)(O)c1ccc(OS(=O)(=O)c2cc(C34CC5CC(CC(C5)C3)C4)ccc2C23CC4CC(CC(C4)C2)C3)c2c1CCCCC2. The molecule has 9 aliphatic carbocycles. The zero-order valence-electron chi connectivity index (χ0n) is 26.2. The van der Waals surface area contributed by atoms with E-state index in [-0.39, 0.29) is 21.5 Å². The van der Waals surface area contributed by atoms with Gasteiger partial charge in [0.05, 0.1) is 4.90 Å². The second-order valence-corrected chi connectivity index (χ2v) is 19.6. The van der Waals surface area contributed by atoms with Crippen LogP contribution in [0.5, 0.6) is 5.75 Å². The maximum atomic E-state index is 14.8. The van der Waals surface area contributed by atoms with Crippen molar-refractivity contribution in [3.8, 4) is 5.75 Å². The van der Waals surface area contributed by atoms with Gasteiger partial charge in [0.15, 0.2) is 0 Å². The van der Waals surface area contributed by atoms with Crippen LogP contribution in [0.2, 0.25) is 0 Å². The summed E-state index contributed by atoms with van der Waals surface area (Å²) in [7, 11) is -8.68. The van der Waals surface area contributed by atoms with Crippen molar-refractivity contribution in [2.45, 2.75) is 130 Å². The Morgan fingerprint density at radius 2 is 1.11 bits per heavy atom. The lowest BCUT2D eigenvalue weighted by atomic mass is 9.47. The number of fused-ring (bicyclic) bond motifs is 1. The summed E-state index contributed by atoms with van der Waals surface area (Å²) in [6.45, 7) is 0. The van der Waals surface area contributed by atoms with Gasteiger partial charge in [0.2, 0.25) is 0 Å². The summed E-state index contributed by atoms with van der Waals surface area (Å²) in [5.41, 5.74) is 3.22. The van der Waals surface area contributed by atoms with E-state index >= 15 is 0 Å². The van der Waals surface area contributed by atoms with E-state index in [0.717, 1.165) is 61.8 Å². The predicted molar refractivity (Wildman–Crippen MR) is 171 cm³/mol. The minimum absolute atomic E-state index is 0.0627. The average Bonchev–Trinajstić information content (AvgIpc) is 3.22. The lowest BCUT2D eigenvalue weighted by molar-refractivity contribution is -0.00808. The van der Waals surface area contributed by atoms with Crippen molar-refractivity contribution in [2.24, 2.45) is 35.5 Å². The lowest BCUT2D eigenvalue weighted by Crippen LogP contribution is -2.50. The second-order valence-electron chi connectivity index (χ2n) is 16.7. The third-order valence-corrected chi connectivity index (χ3v) is 15.9. The largest absolute Gasteiger partial charge is 0.379 e. The van der Waals surface area contributed by atoms with Crippen molar-refractivity contribution >= 4 is 20.2 Å². The summed E-state index contributed by atoms with van der Waals surface area (Å²) in [6.07, 6.45) is 18.1. The highest BCUT2D eigenvalue weighted by molar-refractivity contribution is 7.87. The van der Waals surface area contributed by atoms with Crippen molar-refractivity contribution in [2.75, 3.05) is 0 Å². The van der Waals surface area contributed by atoms with Gasteiger partial charge in [0.25, 0.3) is 10.1 Å². The van der Waals surface area contributed by atoms with E-state index in [2.05, 4.69) is 12.1 Å². The molecule has 0 spiro atoms. The van der Waals surface area contributed by atoms with Gasteiger partial charge in [-0.15, -0.1) is 0 Å². The molecule has 0 radical (unpaired) electrons. The second kappa shape index (κ2) is 10.1. The van der Waals surface area contributed by atoms with Crippen LogP contribution in [0.1, 0.15) is 119 Å². The predicted octanol–water partition coefficient (Wildman–Crippen LogP) is 7.91. The van der Waals surface area contributed by atoms with Crippen molar-refractivity contribution in [1.82, 2.24) is 0 Å². The quantitative estimate of drug-likeness (QED) is 0.194. The van der Waals surface area contributed by atoms with Gasteiger partial charge in [0.1, 0.15) is 10.6 Å². The lowest BCUT2D eigenvalue weighted by Gasteiger charge is -2.58. The average molecular weight is 651 g/mol. The molecule has 0 aromatic heterocycles. The van der Waals surface area contributed by atoms with Gasteiger partial charge in [-0.05, 0) is 184 Å². The summed E-state index contributed by atoms with van der Waals surface area (Å²) in [6, 6.07) is 9.35. The Morgan fingerprint density at radius 3 is 1.64 bits per heavy atom. The zero-order chi connectivity index (χ0) is 30.8. The molecule has 0 unspecified atom stereocenters. The van der Waals surface area contributed by atoms with Crippen LogP contribution in [-0.4, -0.2) is 21.4 Å². The van der Waals surface area contributed by atoms with Crippen LogP contribution < -0.4 is 4.18 Å². The van der Waals surface area contributed by atoms with Gasteiger partial charge in [0, 0.05) is 5.56 Å². The van der Waals surface area contributed by atoms with Crippen LogP contribution in [0.4, 0.5) is 0 Å². The van der Waals surface area contributed by atoms with Crippen molar-refractivity contribution in [3.05, 3.63) is 52.6 Å². The van der Waals surface area contributed by atoms with Crippen LogP contribution in [0, 0.1) is 35.5 Å². The molecule has 6 nitrogen and oxygen atoms in total. The Bertz CT molecular complexity index is 1700. The monoisotopic (exact) mass is 650 g/mol. The molecular weight excluding hydrogens is 605 g/mol. The highest BCUT2D eigenvalue weighted by atomic mass is 32.2. The van der Waals surface area contributed by atoms with Gasteiger partial charge in [-0.25, -0.2) is 0 Å². The fourth-order valence-electron chi connectivity index (χ4n) is 12.9. The fourth-order valence-corrected chi connectivity index (χ4v) is 14.9. The smallest absolute Gasteiger partial charge is 0.339 e. The topological polar surface area (TPSA) is 97.7 Å². The van der Waals surface area contributed by atoms with E-state index < -0.39 is 20.2 Å². The fraction of sp³-hybridized carbons (Fsp3) is 0.676. The number of hydrogen-bond donors (Lipinski definition) is 1. The maximum absolute atomic E-state index is 14.8. The van der Waals surface area contributed by atoms with Crippen LogP contribution in [0.3, 0.4) is 0 Å². The van der Waals surface area contributed by atoms with Crippen LogP contribution in [0.15, 0.2) is 40.1 Å². The highest BCUT2D eigenvalue weighted by Crippen LogP contribution is 2.63. The highest BCUT2D eigenvalue weighted by Gasteiger charge is 2.55. The molecule has 2 aromatic rings. The van der Waals surface area contributed by atoms with Crippen LogP contribution in [-0.2, 0) is 43.9 Å². The van der Waals surface area contributed by atoms with E-state index in [1.54, 1.807) is 0 Å². The van der Waals surface area contributed by atoms with E-state index in [1.807, 2.05) is 6.07 Å². The van der Waals surface area contributed by atoms with Crippen molar-refractivity contribution < 1.29 is 25.6 Å². The van der Waals surface area contributed by atoms with Gasteiger partial charge in [-0.3, -0.25) is 4.55 Å². The first-order valence-electron chi connectivity index (χ1n) is 17.7. The standard InChI is InChI=1S/C37H46O6S2/c38-44(39,40)34-9-8-33(30-4-2-1-3-5-31(30)34)43-45(41,42)35-16-29(36-17-23-10-24(18-36)12-25(11-23)19-36)6-7-32(35)37-20-26-13-27(21-37)15-28(14-26)22-37/h6-9,16,23-28H,1-5,10-15,17-22H2,(H,38,39,40). The van der Waals surface area contributed by atoms with Gasteiger partial charge >= 0.3 is 10.1 Å². The molecule has 242 valence electrons. The molecule has 11 rings (SSSR count). The third kappa shape index (κ3) is 4.77. The Labute approximate surface area is 268 Å². The first-order valence-corrected chi connectivity index (χ1v) is 20.6. The molecule has 0 aliphatic heterocycles. The molecule has 0 saturated heterocycles. The van der Waals surface area contributed by atoms with Gasteiger partial charge in [-0.2, -0.15) is 16.8 Å². The minimum Gasteiger partial charge on any atom is -0.379 e. The minimum atomic E-state index is -4.44. The van der Waals surface area contributed by atoms with Crippen LogP contribution >= 0.6 is 0 Å². The summed E-state index contributed by atoms with van der Waals surface area (Å²) in [5, 5.41) is 0. The van der Waals surface area contributed by atoms with Crippen molar-refractivity contribution in [3.63, 3.8) is 0 Å². The number of benzene rings is 2. The normalized spacial score (nSPS) is 38.2. The summed E-state index contributed by atoms with van der Waals surface area (Å²) in [5.74, 6) is 4.53. The van der Waals surface area contributed by atoms with E-state index in [1.165, 1.54) is 75.5 Å². The first kappa shape index (κ1) is 29.3. The number of hydrogen-bond acceptors (Lipinski definition) is 5. The molecule has 8 fully saturated rings. The maximum Gasteiger partial charge on any atom is 0.339 e. The molecule has 8 heteroatoms. The van der Waals surface area contributed by atoms with E-state index in [4.69, 9.17) is 4.18 Å². The Kier molecular flexibility index (Phi) is 6.54. The Balaban J connectivity index is 1.17. The van der Waals surface area contributed by atoms with Crippen LogP contribution in [0.25, 0.3) is 0 Å². The van der Waals surface area contributed by atoms with E-state index in [9.17, 15) is 21.4 Å². The van der Waals surface area contributed by atoms with Gasteiger partial charge in [-0.1, -0.05) is 18.6 Å². The summed E-state index contributed by atoms with van der Waals surface area (Å²) >= 11 is 0. The molecule has 1 N–H and O–H groups in total. The Morgan fingerprint density at radius 1 is 0.600 bits per heavy atom. The molecule has 45 heavy (non-hydrogen) atoms. The zero-order valence-corrected chi connectivity index (χ0v) is 27.8. The molecule has 8 saturated carbocycles. The molecule has 2 aromatic carbocycles. The van der Waals surface area contributed by atoms with Gasteiger partial charge < -0.3 is 4.18 Å². The molecule has 0 atom stereocenters. The molecule has 9 aliphatic rings. The molecular formula is C37H46O6S2. The number of rotatable bonds is 6. The van der Waals surface area contributed by atoms with Crippen molar-refractivity contribution in [1.29, 1.82) is 0 Å². The Hall–Kier alpha value is -1.90. The summed E-state index contributed by atoms with van der Waals surface area (Å²) in [4.78, 5) is 0.237. The summed E-state index contributed by atoms with van der Waals surface area (Å²) < 4.78 is 70.3. The molecule has 0 amide bonds.